The van der Waals surface area contributed by atoms with Crippen LogP contribution in [0.2, 0.25) is 0 Å². The number of methoxy groups -OCH3 is 1. The molecule has 1 amide bonds. The van der Waals surface area contributed by atoms with Gasteiger partial charge in [-0.15, -0.1) is 0 Å². The fourth-order valence-electron chi connectivity index (χ4n) is 4.28. The molecule has 172 valence electrons. The molecule has 1 aliphatic heterocycles. The Morgan fingerprint density at radius 2 is 1.85 bits per heavy atom. The summed E-state index contributed by atoms with van der Waals surface area (Å²) in [4.78, 5) is 34.4. The molecule has 1 atom stereocenters. The summed E-state index contributed by atoms with van der Waals surface area (Å²) in [6, 6.07) is 10.3. The molecule has 8 nitrogen and oxygen atoms in total. The number of aliphatic hydroxyl groups is 1. The highest BCUT2D eigenvalue weighted by molar-refractivity contribution is 6.46. The minimum Gasteiger partial charge on any atom is -0.505 e. The zero-order chi connectivity index (χ0) is 23.9. The maximum atomic E-state index is 13.2. The van der Waals surface area contributed by atoms with Crippen molar-refractivity contribution in [1.29, 1.82) is 0 Å². The lowest BCUT2D eigenvalue weighted by Crippen LogP contribution is -2.35. The lowest BCUT2D eigenvalue weighted by atomic mass is 9.96. The number of amides is 1. The summed E-state index contributed by atoms with van der Waals surface area (Å²) in [7, 11) is 5.39. The van der Waals surface area contributed by atoms with E-state index in [2.05, 4.69) is 4.98 Å². The SMILES string of the molecule is COc1ccc([C@@H]2C(=C(O)c3c(C)nc4c(C)cccn34)C(=O)C(=O)N2CCN(C)C)cc1. The van der Waals surface area contributed by atoms with E-state index >= 15 is 0 Å². The molecule has 1 aliphatic rings. The third kappa shape index (κ3) is 3.87. The number of carbonyl (C=O) groups excluding carboxylic acids is 2. The monoisotopic (exact) mass is 448 g/mol. The van der Waals surface area contributed by atoms with Gasteiger partial charge in [0.2, 0.25) is 0 Å². The second-order valence-corrected chi connectivity index (χ2v) is 8.50. The number of pyridine rings is 1. The first-order valence-corrected chi connectivity index (χ1v) is 10.8. The van der Waals surface area contributed by atoms with Crippen molar-refractivity contribution in [3.05, 3.63) is 70.7 Å². The number of rotatable bonds is 6. The molecule has 1 N–H and O–H groups in total. The topological polar surface area (TPSA) is 87.4 Å². The molecule has 0 radical (unpaired) electrons. The van der Waals surface area contributed by atoms with E-state index in [0.29, 0.717) is 35.9 Å². The van der Waals surface area contributed by atoms with Crippen molar-refractivity contribution < 1.29 is 19.4 Å². The molecule has 1 saturated heterocycles. The van der Waals surface area contributed by atoms with E-state index in [1.165, 1.54) is 4.90 Å². The number of likely N-dealkylation sites (N-methyl/N-ethyl adjacent to an activating group) is 1. The average Bonchev–Trinajstić information content (AvgIpc) is 3.26. The Kier molecular flexibility index (Phi) is 5.95. The van der Waals surface area contributed by atoms with Crippen LogP contribution >= 0.6 is 0 Å². The van der Waals surface area contributed by atoms with Gasteiger partial charge in [0.1, 0.15) is 17.1 Å². The lowest BCUT2D eigenvalue weighted by molar-refractivity contribution is -0.140. The van der Waals surface area contributed by atoms with Crippen LogP contribution in [0.3, 0.4) is 0 Å². The molecule has 0 aliphatic carbocycles. The van der Waals surface area contributed by atoms with Gasteiger partial charge in [0.15, 0.2) is 5.76 Å². The van der Waals surface area contributed by atoms with Crippen LogP contribution in [0.1, 0.15) is 28.6 Å². The Bertz CT molecular complexity index is 1260. The quantitative estimate of drug-likeness (QED) is 0.354. The molecule has 1 aromatic carbocycles. The van der Waals surface area contributed by atoms with E-state index in [-0.39, 0.29) is 11.3 Å². The van der Waals surface area contributed by atoms with Crippen molar-refractivity contribution in [2.75, 3.05) is 34.3 Å². The lowest BCUT2D eigenvalue weighted by Gasteiger charge is -2.26. The Labute approximate surface area is 192 Å². The molecule has 33 heavy (non-hydrogen) atoms. The van der Waals surface area contributed by atoms with Gasteiger partial charge in [0.25, 0.3) is 11.7 Å². The number of aliphatic hydroxyl groups excluding tert-OH is 1. The van der Waals surface area contributed by atoms with Crippen LogP contribution in [0, 0.1) is 13.8 Å². The molecule has 3 heterocycles. The molecular weight excluding hydrogens is 420 g/mol. The van der Waals surface area contributed by atoms with Crippen LogP contribution in [0.4, 0.5) is 0 Å². The molecule has 0 bridgehead atoms. The summed E-state index contributed by atoms with van der Waals surface area (Å²) in [5.41, 5.74) is 3.41. The Balaban J connectivity index is 1.93. The number of Topliss-reactive ketones (excluding diaryl/α,β-unsaturated/α-hetero) is 1. The molecule has 1 fully saturated rings. The number of aromatic nitrogens is 2. The van der Waals surface area contributed by atoms with E-state index in [1.807, 2.05) is 50.2 Å². The summed E-state index contributed by atoms with van der Waals surface area (Å²) in [5, 5.41) is 11.5. The van der Waals surface area contributed by atoms with E-state index in [1.54, 1.807) is 36.8 Å². The largest absolute Gasteiger partial charge is 0.505 e. The number of nitrogens with zero attached hydrogens (tertiary/aromatic N) is 4. The van der Waals surface area contributed by atoms with E-state index in [0.717, 1.165) is 11.1 Å². The molecule has 3 aromatic rings. The Morgan fingerprint density at radius 1 is 1.15 bits per heavy atom. The summed E-state index contributed by atoms with van der Waals surface area (Å²) in [6.45, 7) is 4.64. The summed E-state index contributed by atoms with van der Waals surface area (Å²) in [5.74, 6) is -0.884. The highest BCUT2D eigenvalue weighted by Gasteiger charge is 2.46. The van der Waals surface area contributed by atoms with Gasteiger partial charge in [-0.1, -0.05) is 18.2 Å². The number of ketones is 1. The smallest absolute Gasteiger partial charge is 0.295 e. The van der Waals surface area contributed by atoms with Gasteiger partial charge < -0.3 is 19.6 Å². The van der Waals surface area contributed by atoms with Gasteiger partial charge in [0.05, 0.1) is 24.4 Å². The summed E-state index contributed by atoms with van der Waals surface area (Å²) >= 11 is 0. The predicted octanol–water partition coefficient (Wildman–Crippen LogP) is 2.94. The number of hydrogen-bond donors (Lipinski definition) is 1. The van der Waals surface area contributed by atoms with Crippen LogP contribution in [0.25, 0.3) is 11.4 Å². The van der Waals surface area contributed by atoms with E-state index < -0.39 is 17.7 Å². The maximum absolute atomic E-state index is 13.2. The van der Waals surface area contributed by atoms with Crippen LogP contribution in [0.15, 0.2) is 48.2 Å². The number of imidazole rings is 1. The molecule has 4 rings (SSSR count). The minimum absolute atomic E-state index is 0.0651. The normalized spacial score (nSPS) is 18.0. The first-order valence-electron chi connectivity index (χ1n) is 10.8. The molecule has 2 aromatic heterocycles. The zero-order valence-corrected chi connectivity index (χ0v) is 19.5. The van der Waals surface area contributed by atoms with E-state index in [4.69, 9.17) is 4.74 Å². The fraction of sp³-hybridized carbons (Fsp3) is 0.320. The van der Waals surface area contributed by atoms with Gasteiger partial charge in [-0.2, -0.15) is 0 Å². The van der Waals surface area contributed by atoms with Gasteiger partial charge in [-0.25, -0.2) is 4.98 Å². The first-order chi connectivity index (χ1) is 15.7. The number of carbonyl (C=O) groups is 2. The number of hydrogen-bond acceptors (Lipinski definition) is 6. The van der Waals surface area contributed by atoms with E-state index in [9.17, 15) is 14.7 Å². The fourth-order valence-corrected chi connectivity index (χ4v) is 4.28. The van der Waals surface area contributed by atoms with Gasteiger partial charge in [0, 0.05) is 19.3 Å². The van der Waals surface area contributed by atoms with Crippen LogP contribution < -0.4 is 4.74 Å². The Hall–Kier alpha value is -3.65. The number of fused-ring (bicyclic) bond motifs is 1. The minimum atomic E-state index is -0.717. The molecule has 0 spiro atoms. The third-order valence-corrected chi connectivity index (χ3v) is 6.00. The second-order valence-electron chi connectivity index (χ2n) is 8.50. The van der Waals surface area contributed by atoms with Crippen LogP contribution in [-0.4, -0.2) is 70.3 Å². The maximum Gasteiger partial charge on any atom is 0.295 e. The average molecular weight is 449 g/mol. The molecule has 0 saturated carbocycles. The third-order valence-electron chi connectivity index (χ3n) is 6.00. The zero-order valence-electron chi connectivity index (χ0n) is 19.5. The predicted molar refractivity (Wildman–Crippen MR) is 125 cm³/mol. The van der Waals surface area contributed by atoms with Gasteiger partial charge >= 0.3 is 0 Å². The van der Waals surface area contributed by atoms with Gasteiger partial charge in [-0.05, 0) is 57.3 Å². The number of ether oxygens (including phenoxy) is 1. The van der Waals surface area contributed by atoms with Crippen molar-refractivity contribution in [2.24, 2.45) is 0 Å². The number of benzene rings is 1. The Morgan fingerprint density at radius 3 is 2.48 bits per heavy atom. The highest BCUT2D eigenvalue weighted by atomic mass is 16.5. The van der Waals surface area contributed by atoms with Crippen molar-refractivity contribution in [1.82, 2.24) is 19.2 Å². The van der Waals surface area contributed by atoms with Crippen LogP contribution in [0.5, 0.6) is 5.75 Å². The first kappa shape index (κ1) is 22.5. The molecule has 8 heteroatoms. The van der Waals surface area contributed by atoms with Crippen molar-refractivity contribution in [3.8, 4) is 5.75 Å². The standard InChI is InChI=1S/C25H28N4O4/c1-15-7-6-12-28-20(16(2)26-24(15)28)22(30)19-21(17-8-10-18(33-5)11-9-17)29(14-13-27(3)4)25(32)23(19)31/h6-12,21,30H,13-14H2,1-5H3/t21-/m1/s1. The summed E-state index contributed by atoms with van der Waals surface area (Å²) in [6.07, 6.45) is 1.79. The highest BCUT2D eigenvalue weighted by Crippen LogP contribution is 2.40. The number of likely N-dealkylation sites (tertiary alicyclic amines) is 1. The van der Waals surface area contributed by atoms with Gasteiger partial charge in [-0.3, -0.25) is 14.0 Å². The van der Waals surface area contributed by atoms with Crippen molar-refractivity contribution in [3.63, 3.8) is 0 Å². The molecular formula is C25H28N4O4. The second kappa shape index (κ2) is 8.71. The van der Waals surface area contributed by atoms with Crippen LogP contribution in [-0.2, 0) is 9.59 Å². The summed E-state index contributed by atoms with van der Waals surface area (Å²) < 4.78 is 7.02. The number of aryl methyl sites for hydroxylation is 2. The van der Waals surface area contributed by atoms with Crippen molar-refractivity contribution in [2.45, 2.75) is 19.9 Å². The molecule has 0 unspecified atom stereocenters. The van der Waals surface area contributed by atoms with Crippen molar-refractivity contribution >= 4 is 23.1 Å².